The summed E-state index contributed by atoms with van der Waals surface area (Å²) in [6, 6.07) is 7.82. The predicted octanol–water partition coefficient (Wildman–Crippen LogP) is 4.05. The van der Waals surface area contributed by atoms with Gasteiger partial charge in [0, 0.05) is 17.1 Å². The van der Waals surface area contributed by atoms with Gasteiger partial charge in [-0.1, -0.05) is 49.6 Å². The Balaban J connectivity index is 1.92. The molecule has 2 atom stereocenters. The number of hydrogen-bond donors (Lipinski definition) is 1. The van der Waals surface area contributed by atoms with E-state index in [9.17, 15) is 4.79 Å². The van der Waals surface area contributed by atoms with Crippen molar-refractivity contribution >= 4 is 23.6 Å². The molecule has 0 heterocycles. The van der Waals surface area contributed by atoms with Crippen LogP contribution in [0, 0.1) is 5.92 Å². The fourth-order valence-corrected chi connectivity index (χ4v) is 2.74. The van der Waals surface area contributed by atoms with Crippen molar-refractivity contribution in [2.45, 2.75) is 38.6 Å². The number of benzene rings is 1. The quantitative estimate of drug-likeness (QED) is 0.830. The Morgan fingerprint density at radius 3 is 2.79 bits per heavy atom. The van der Waals surface area contributed by atoms with Crippen LogP contribution in [0.25, 0.3) is 6.08 Å². The van der Waals surface area contributed by atoms with Crippen molar-refractivity contribution in [2.24, 2.45) is 5.92 Å². The minimum absolute atomic E-state index is 0.0290. The molecule has 0 aliphatic heterocycles. The standard InChI is InChI=1S/C16H20ClNO/c1-12-6-2-5-9-15(12)18-16(19)11-10-13-7-3-4-8-14(13)17/h3-4,7-8,10-12,15H,2,5-6,9H2,1H3,(H,18,19)/b11-10+/t12-,15+/m1/s1. The van der Waals surface area contributed by atoms with Gasteiger partial charge in [0.15, 0.2) is 0 Å². The molecule has 1 saturated carbocycles. The lowest BCUT2D eigenvalue weighted by Gasteiger charge is -2.29. The normalized spacial score (nSPS) is 23.5. The Morgan fingerprint density at radius 2 is 2.05 bits per heavy atom. The summed E-state index contributed by atoms with van der Waals surface area (Å²) in [5.41, 5.74) is 0.871. The van der Waals surface area contributed by atoms with E-state index in [2.05, 4.69) is 12.2 Å². The lowest BCUT2D eigenvalue weighted by molar-refractivity contribution is -0.117. The van der Waals surface area contributed by atoms with Crippen LogP contribution in [-0.2, 0) is 4.79 Å². The topological polar surface area (TPSA) is 29.1 Å². The Labute approximate surface area is 119 Å². The maximum Gasteiger partial charge on any atom is 0.244 e. The molecule has 0 radical (unpaired) electrons. The van der Waals surface area contributed by atoms with E-state index in [0.29, 0.717) is 17.0 Å². The molecule has 3 heteroatoms. The zero-order chi connectivity index (χ0) is 13.7. The Kier molecular flexibility index (Phi) is 5.03. The molecule has 19 heavy (non-hydrogen) atoms. The fourth-order valence-electron chi connectivity index (χ4n) is 2.54. The largest absolute Gasteiger partial charge is 0.350 e. The fraction of sp³-hybridized carbons (Fsp3) is 0.438. The second-order valence-corrected chi connectivity index (χ2v) is 5.64. The number of carbonyl (C=O) groups excluding carboxylic acids is 1. The van der Waals surface area contributed by atoms with Gasteiger partial charge in [-0.25, -0.2) is 0 Å². The summed E-state index contributed by atoms with van der Waals surface area (Å²) >= 11 is 6.04. The molecule has 2 rings (SSSR count). The Bertz CT molecular complexity index is 470. The number of rotatable bonds is 3. The highest BCUT2D eigenvalue weighted by Gasteiger charge is 2.21. The molecule has 0 spiro atoms. The van der Waals surface area contributed by atoms with Gasteiger partial charge >= 0.3 is 0 Å². The SMILES string of the molecule is C[C@@H]1CCCC[C@@H]1NC(=O)/C=C/c1ccccc1Cl. The number of halogens is 1. The smallest absolute Gasteiger partial charge is 0.244 e. The molecule has 0 saturated heterocycles. The first-order valence-electron chi connectivity index (χ1n) is 6.90. The van der Waals surface area contributed by atoms with Crippen molar-refractivity contribution in [3.8, 4) is 0 Å². The average molecular weight is 278 g/mol. The predicted molar refractivity (Wildman–Crippen MR) is 80.0 cm³/mol. The van der Waals surface area contributed by atoms with Crippen LogP contribution in [0.5, 0.6) is 0 Å². The molecule has 0 bridgehead atoms. The van der Waals surface area contributed by atoms with E-state index in [0.717, 1.165) is 12.0 Å². The van der Waals surface area contributed by atoms with Crippen LogP contribution in [0.3, 0.4) is 0 Å². The molecular weight excluding hydrogens is 258 g/mol. The summed E-state index contributed by atoms with van der Waals surface area (Å²) in [5.74, 6) is 0.546. The van der Waals surface area contributed by atoms with Gasteiger partial charge in [-0.05, 0) is 36.5 Å². The van der Waals surface area contributed by atoms with Gasteiger partial charge in [-0.15, -0.1) is 0 Å². The number of carbonyl (C=O) groups is 1. The van der Waals surface area contributed by atoms with E-state index in [1.165, 1.54) is 19.3 Å². The van der Waals surface area contributed by atoms with Crippen LogP contribution in [0.15, 0.2) is 30.3 Å². The summed E-state index contributed by atoms with van der Waals surface area (Å²) in [4.78, 5) is 11.9. The molecule has 1 aromatic rings. The molecule has 0 aromatic heterocycles. The van der Waals surface area contributed by atoms with Crippen LogP contribution in [0.1, 0.15) is 38.2 Å². The van der Waals surface area contributed by atoms with Crippen LogP contribution in [0.2, 0.25) is 5.02 Å². The van der Waals surface area contributed by atoms with Crippen molar-refractivity contribution in [1.82, 2.24) is 5.32 Å². The highest BCUT2D eigenvalue weighted by Crippen LogP contribution is 2.23. The monoisotopic (exact) mass is 277 g/mol. The van der Waals surface area contributed by atoms with Crippen molar-refractivity contribution < 1.29 is 4.79 Å². The molecule has 1 aliphatic rings. The minimum Gasteiger partial charge on any atom is -0.350 e. The first-order chi connectivity index (χ1) is 9.16. The molecule has 1 aliphatic carbocycles. The molecule has 0 unspecified atom stereocenters. The Hall–Kier alpha value is -1.28. The van der Waals surface area contributed by atoms with Crippen molar-refractivity contribution in [2.75, 3.05) is 0 Å². The van der Waals surface area contributed by atoms with E-state index in [1.807, 2.05) is 24.3 Å². The molecular formula is C16H20ClNO. The first kappa shape index (κ1) is 14.1. The maximum atomic E-state index is 11.9. The van der Waals surface area contributed by atoms with E-state index >= 15 is 0 Å². The van der Waals surface area contributed by atoms with Gasteiger partial charge in [0.05, 0.1) is 0 Å². The lowest BCUT2D eigenvalue weighted by Crippen LogP contribution is -2.40. The van der Waals surface area contributed by atoms with Crippen molar-refractivity contribution in [3.05, 3.63) is 40.9 Å². The highest BCUT2D eigenvalue weighted by molar-refractivity contribution is 6.32. The van der Waals surface area contributed by atoms with E-state index < -0.39 is 0 Å². The van der Waals surface area contributed by atoms with Gasteiger partial charge in [0.1, 0.15) is 0 Å². The highest BCUT2D eigenvalue weighted by atomic mass is 35.5. The van der Waals surface area contributed by atoms with E-state index in [-0.39, 0.29) is 5.91 Å². The zero-order valence-corrected chi connectivity index (χ0v) is 12.0. The first-order valence-corrected chi connectivity index (χ1v) is 7.27. The van der Waals surface area contributed by atoms with Crippen LogP contribution in [0.4, 0.5) is 0 Å². The molecule has 1 aromatic carbocycles. The molecule has 1 fully saturated rings. The van der Waals surface area contributed by atoms with E-state index in [1.54, 1.807) is 12.2 Å². The van der Waals surface area contributed by atoms with Crippen LogP contribution >= 0.6 is 11.6 Å². The summed E-state index contributed by atoms with van der Waals surface area (Å²) < 4.78 is 0. The minimum atomic E-state index is -0.0290. The van der Waals surface area contributed by atoms with Crippen molar-refractivity contribution in [3.63, 3.8) is 0 Å². The second kappa shape index (κ2) is 6.76. The lowest BCUT2D eigenvalue weighted by atomic mass is 9.86. The van der Waals surface area contributed by atoms with Gasteiger partial charge in [0.2, 0.25) is 5.91 Å². The molecule has 102 valence electrons. The number of hydrogen-bond acceptors (Lipinski definition) is 1. The maximum absolute atomic E-state index is 11.9. The molecule has 1 N–H and O–H groups in total. The summed E-state index contributed by atoms with van der Waals surface area (Å²) in [7, 11) is 0. The second-order valence-electron chi connectivity index (χ2n) is 5.23. The molecule has 2 nitrogen and oxygen atoms in total. The third-order valence-corrected chi connectivity index (χ3v) is 4.10. The van der Waals surface area contributed by atoms with Gasteiger partial charge in [-0.3, -0.25) is 4.79 Å². The third-order valence-electron chi connectivity index (χ3n) is 3.76. The number of amides is 1. The van der Waals surface area contributed by atoms with Crippen LogP contribution in [-0.4, -0.2) is 11.9 Å². The van der Waals surface area contributed by atoms with Crippen LogP contribution < -0.4 is 5.32 Å². The summed E-state index contributed by atoms with van der Waals surface area (Å²) in [5, 5.41) is 3.75. The summed E-state index contributed by atoms with van der Waals surface area (Å²) in [6.07, 6.45) is 8.13. The Morgan fingerprint density at radius 1 is 1.32 bits per heavy atom. The average Bonchev–Trinajstić information content (AvgIpc) is 2.40. The van der Waals surface area contributed by atoms with Gasteiger partial charge in [0.25, 0.3) is 0 Å². The van der Waals surface area contributed by atoms with Crippen molar-refractivity contribution in [1.29, 1.82) is 0 Å². The zero-order valence-electron chi connectivity index (χ0n) is 11.2. The van der Waals surface area contributed by atoms with Gasteiger partial charge < -0.3 is 5.32 Å². The van der Waals surface area contributed by atoms with Gasteiger partial charge in [-0.2, -0.15) is 0 Å². The van der Waals surface area contributed by atoms with E-state index in [4.69, 9.17) is 11.6 Å². The number of nitrogens with one attached hydrogen (secondary N) is 1. The third kappa shape index (κ3) is 4.10. The molecule has 1 amide bonds. The summed E-state index contributed by atoms with van der Waals surface area (Å²) in [6.45, 7) is 2.21.